The lowest BCUT2D eigenvalue weighted by Crippen LogP contribution is -2.14. The van der Waals surface area contributed by atoms with Crippen molar-refractivity contribution >= 4 is 11.6 Å². The molecule has 0 fully saturated rings. The number of benzene rings is 1. The third-order valence-corrected chi connectivity index (χ3v) is 2.00. The lowest BCUT2D eigenvalue weighted by atomic mass is 10.2. The number of aryl methyl sites for hydroxylation is 1. The number of aliphatic hydroxyl groups is 1. The molecule has 0 radical (unpaired) electrons. The summed E-state index contributed by atoms with van der Waals surface area (Å²) in [6, 6.07) is 5.36. The van der Waals surface area contributed by atoms with Gasteiger partial charge in [0.2, 0.25) is 0 Å². The standard InChI is InChI=1S/C10H13ClO2/c1-3-10(12)13-9-6-8(11)5-4-7(9)2/h4-6,10,12H,3H2,1-2H3. The Kier molecular flexibility index (Phi) is 3.58. The van der Waals surface area contributed by atoms with E-state index in [-0.39, 0.29) is 0 Å². The summed E-state index contributed by atoms with van der Waals surface area (Å²) in [5.74, 6) is 0.641. The molecule has 0 aliphatic heterocycles. The Hall–Kier alpha value is -0.730. The lowest BCUT2D eigenvalue weighted by molar-refractivity contribution is -0.0195. The van der Waals surface area contributed by atoms with Crippen LogP contribution in [-0.2, 0) is 0 Å². The Morgan fingerprint density at radius 2 is 2.23 bits per heavy atom. The zero-order valence-electron chi connectivity index (χ0n) is 7.75. The lowest BCUT2D eigenvalue weighted by Gasteiger charge is -2.13. The Morgan fingerprint density at radius 3 is 2.85 bits per heavy atom. The van der Waals surface area contributed by atoms with E-state index in [0.717, 1.165) is 5.56 Å². The maximum absolute atomic E-state index is 9.26. The summed E-state index contributed by atoms with van der Waals surface area (Å²) in [4.78, 5) is 0. The van der Waals surface area contributed by atoms with E-state index < -0.39 is 6.29 Å². The van der Waals surface area contributed by atoms with Gasteiger partial charge in [0.25, 0.3) is 0 Å². The van der Waals surface area contributed by atoms with Crippen molar-refractivity contribution in [2.75, 3.05) is 0 Å². The highest BCUT2D eigenvalue weighted by molar-refractivity contribution is 6.30. The number of hydrogen-bond donors (Lipinski definition) is 1. The number of aliphatic hydroxyl groups excluding tert-OH is 1. The Morgan fingerprint density at radius 1 is 1.54 bits per heavy atom. The van der Waals surface area contributed by atoms with Crippen LogP contribution in [0.5, 0.6) is 5.75 Å². The zero-order chi connectivity index (χ0) is 9.84. The van der Waals surface area contributed by atoms with Crippen molar-refractivity contribution in [3.63, 3.8) is 0 Å². The van der Waals surface area contributed by atoms with Crippen molar-refractivity contribution in [3.8, 4) is 5.75 Å². The molecular formula is C10H13ClO2. The first-order valence-electron chi connectivity index (χ1n) is 4.24. The summed E-state index contributed by atoms with van der Waals surface area (Å²) in [6.45, 7) is 3.76. The van der Waals surface area contributed by atoms with Gasteiger partial charge in [0.1, 0.15) is 5.75 Å². The summed E-state index contributed by atoms with van der Waals surface area (Å²) < 4.78 is 5.25. The highest BCUT2D eigenvalue weighted by Crippen LogP contribution is 2.23. The smallest absolute Gasteiger partial charge is 0.197 e. The summed E-state index contributed by atoms with van der Waals surface area (Å²) in [6.07, 6.45) is -0.191. The van der Waals surface area contributed by atoms with Gasteiger partial charge in [-0.3, -0.25) is 0 Å². The van der Waals surface area contributed by atoms with Crippen LogP contribution in [0.3, 0.4) is 0 Å². The van der Waals surface area contributed by atoms with Crippen LogP contribution in [0, 0.1) is 6.92 Å². The quantitative estimate of drug-likeness (QED) is 0.761. The number of ether oxygens (including phenoxy) is 1. The van der Waals surface area contributed by atoms with E-state index >= 15 is 0 Å². The summed E-state index contributed by atoms with van der Waals surface area (Å²) in [5.41, 5.74) is 0.969. The fourth-order valence-electron chi connectivity index (χ4n) is 0.931. The van der Waals surface area contributed by atoms with Gasteiger partial charge in [-0.25, -0.2) is 0 Å². The van der Waals surface area contributed by atoms with Gasteiger partial charge in [-0.1, -0.05) is 24.6 Å². The molecular weight excluding hydrogens is 188 g/mol. The van der Waals surface area contributed by atoms with Crippen LogP contribution >= 0.6 is 11.6 Å². The van der Waals surface area contributed by atoms with Crippen LogP contribution in [0.15, 0.2) is 18.2 Å². The third kappa shape index (κ3) is 2.90. The average molecular weight is 201 g/mol. The van der Waals surface area contributed by atoms with Gasteiger partial charge < -0.3 is 9.84 Å². The maximum atomic E-state index is 9.26. The fraction of sp³-hybridized carbons (Fsp3) is 0.400. The van der Waals surface area contributed by atoms with E-state index in [1.165, 1.54) is 0 Å². The summed E-state index contributed by atoms with van der Waals surface area (Å²) in [5, 5.41) is 9.88. The van der Waals surface area contributed by atoms with Crippen molar-refractivity contribution in [2.24, 2.45) is 0 Å². The van der Waals surface area contributed by atoms with Crippen LogP contribution in [0.25, 0.3) is 0 Å². The number of rotatable bonds is 3. The molecule has 1 atom stereocenters. The van der Waals surface area contributed by atoms with Crippen molar-refractivity contribution in [1.29, 1.82) is 0 Å². The summed E-state index contributed by atoms with van der Waals surface area (Å²) >= 11 is 5.78. The Labute approximate surface area is 83.1 Å². The molecule has 1 unspecified atom stereocenters. The largest absolute Gasteiger partial charge is 0.465 e. The van der Waals surface area contributed by atoms with Crippen LogP contribution in [0.2, 0.25) is 5.02 Å². The predicted molar refractivity (Wildman–Crippen MR) is 53.1 cm³/mol. The minimum Gasteiger partial charge on any atom is -0.465 e. The highest BCUT2D eigenvalue weighted by Gasteiger charge is 2.05. The van der Waals surface area contributed by atoms with Gasteiger partial charge in [-0.2, -0.15) is 0 Å². The molecule has 0 heterocycles. The van der Waals surface area contributed by atoms with Gasteiger partial charge in [0.15, 0.2) is 6.29 Å². The molecule has 0 amide bonds. The maximum Gasteiger partial charge on any atom is 0.197 e. The first-order valence-corrected chi connectivity index (χ1v) is 4.62. The molecule has 1 rings (SSSR count). The molecule has 1 aromatic carbocycles. The first kappa shape index (κ1) is 10.4. The van der Waals surface area contributed by atoms with Crippen molar-refractivity contribution in [2.45, 2.75) is 26.6 Å². The van der Waals surface area contributed by atoms with Gasteiger partial charge in [-0.05, 0) is 24.6 Å². The topological polar surface area (TPSA) is 29.5 Å². The predicted octanol–water partition coefficient (Wildman–Crippen LogP) is 2.76. The Balaban J connectivity index is 2.81. The molecule has 0 aromatic heterocycles. The van der Waals surface area contributed by atoms with Gasteiger partial charge in [0, 0.05) is 11.4 Å². The second kappa shape index (κ2) is 4.49. The Bertz CT molecular complexity index is 286. The number of halogens is 1. The minimum absolute atomic E-state index is 0.561. The molecule has 1 aromatic rings. The second-order valence-electron chi connectivity index (χ2n) is 2.89. The van der Waals surface area contributed by atoms with Crippen molar-refractivity contribution < 1.29 is 9.84 Å². The summed E-state index contributed by atoms with van der Waals surface area (Å²) in [7, 11) is 0. The second-order valence-corrected chi connectivity index (χ2v) is 3.33. The van der Waals surface area contributed by atoms with Crippen LogP contribution < -0.4 is 4.74 Å². The van der Waals surface area contributed by atoms with Crippen LogP contribution in [0.4, 0.5) is 0 Å². The van der Waals surface area contributed by atoms with E-state index in [4.69, 9.17) is 16.3 Å². The third-order valence-electron chi connectivity index (χ3n) is 1.76. The number of hydrogen-bond acceptors (Lipinski definition) is 2. The first-order chi connectivity index (χ1) is 6.13. The van der Waals surface area contributed by atoms with E-state index in [9.17, 15) is 5.11 Å². The van der Waals surface area contributed by atoms with Gasteiger partial charge >= 0.3 is 0 Å². The van der Waals surface area contributed by atoms with E-state index in [1.807, 2.05) is 19.9 Å². The average Bonchev–Trinajstić information content (AvgIpc) is 2.11. The fourth-order valence-corrected chi connectivity index (χ4v) is 1.09. The molecule has 0 spiro atoms. The molecule has 1 N–H and O–H groups in total. The van der Waals surface area contributed by atoms with E-state index in [2.05, 4.69) is 0 Å². The molecule has 0 saturated heterocycles. The van der Waals surface area contributed by atoms with Gasteiger partial charge in [0.05, 0.1) is 0 Å². The van der Waals surface area contributed by atoms with Crippen molar-refractivity contribution in [1.82, 2.24) is 0 Å². The molecule has 0 aliphatic carbocycles. The van der Waals surface area contributed by atoms with Crippen LogP contribution in [0.1, 0.15) is 18.9 Å². The molecule has 13 heavy (non-hydrogen) atoms. The minimum atomic E-state index is -0.753. The molecule has 0 saturated carbocycles. The molecule has 0 bridgehead atoms. The zero-order valence-corrected chi connectivity index (χ0v) is 8.51. The SMILES string of the molecule is CCC(O)Oc1cc(Cl)ccc1C. The van der Waals surface area contributed by atoms with Gasteiger partial charge in [-0.15, -0.1) is 0 Å². The van der Waals surface area contributed by atoms with E-state index in [0.29, 0.717) is 17.2 Å². The normalized spacial score (nSPS) is 12.6. The monoisotopic (exact) mass is 200 g/mol. The van der Waals surface area contributed by atoms with Crippen molar-refractivity contribution in [3.05, 3.63) is 28.8 Å². The highest BCUT2D eigenvalue weighted by atomic mass is 35.5. The molecule has 2 nitrogen and oxygen atoms in total. The molecule has 0 aliphatic rings. The molecule has 3 heteroatoms. The van der Waals surface area contributed by atoms with Crippen LogP contribution in [-0.4, -0.2) is 11.4 Å². The van der Waals surface area contributed by atoms with E-state index in [1.54, 1.807) is 12.1 Å². The molecule has 72 valence electrons.